The zero-order chi connectivity index (χ0) is 15.0. The molecule has 1 saturated heterocycles. The Balaban J connectivity index is 1.85. The van der Waals surface area contributed by atoms with E-state index in [9.17, 15) is 4.79 Å². The van der Waals surface area contributed by atoms with E-state index in [1.54, 1.807) is 0 Å². The van der Waals surface area contributed by atoms with Gasteiger partial charge in [-0.05, 0) is 39.3 Å². The number of aryl methyl sites for hydroxylation is 1. The molecule has 0 aliphatic carbocycles. The number of anilines is 1. The van der Waals surface area contributed by atoms with E-state index < -0.39 is 0 Å². The van der Waals surface area contributed by atoms with Crippen molar-refractivity contribution >= 4 is 22.8 Å². The van der Waals surface area contributed by atoms with Crippen LogP contribution in [-0.4, -0.2) is 39.4 Å². The van der Waals surface area contributed by atoms with E-state index in [1.807, 2.05) is 49.9 Å². The van der Waals surface area contributed by atoms with Crippen molar-refractivity contribution in [1.82, 2.24) is 14.9 Å². The predicted molar refractivity (Wildman–Crippen MR) is 83.2 cm³/mol. The van der Waals surface area contributed by atoms with Crippen LogP contribution < -0.4 is 5.32 Å². The number of likely N-dealkylation sites (tertiary alicyclic amines) is 1. The lowest BCUT2D eigenvalue weighted by atomic mass is 10.2. The Morgan fingerprint density at radius 2 is 1.90 bits per heavy atom. The molecule has 1 amide bonds. The Bertz CT molecular complexity index is 683. The largest absolute Gasteiger partial charge is 0.357 e. The van der Waals surface area contributed by atoms with E-state index in [0.717, 1.165) is 29.7 Å². The first-order chi connectivity index (χ1) is 10.1. The lowest BCUT2D eigenvalue weighted by Crippen LogP contribution is -2.37. The van der Waals surface area contributed by atoms with Gasteiger partial charge in [-0.25, -0.2) is 9.97 Å². The van der Waals surface area contributed by atoms with Crippen molar-refractivity contribution in [1.29, 1.82) is 0 Å². The summed E-state index contributed by atoms with van der Waals surface area (Å²) in [5.74, 6) is 0.858. The van der Waals surface area contributed by atoms with Gasteiger partial charge in [0.2, 0.25) is 5.91 Å². The lowest BCUT2D eigenvalue weighted by Gasteiger charge is -2.21. The Kier molecular flexibility index (Phi) is 3.49. The lowest BCUT2D eigenvalue weighted by molar-refractivity contribution is -0.129. The number of amides is 1. The zero-order valence-electron chi connectivity index (χ0n) is 12.6. The molecule has 0 spiro atoms. The van der Waals surface area contributed by atoms with Crippen LogP contribution in [0.15, 0.2) is 24.3 Å². The summed E-state index contributed by atoms with van der Waals surface area (Å²) in [4.78, 5) is 23.4. The molecule has 0 radical (unpaired) electrons. The fourth-order valence-corrected chi connectivity index (χ4v) is 2.74. The van der Waals surface area contributed by atoms with Gasteiger partial charge in [0, 0.05) is 12.6 Å². The fourth-order valence-electron chi connectivity index (χ4n) is 2.74. The number of nitrogens with zero attached hydrogens (tertiary/aromatic N) is 3. The average Bonchev–Trinajstić information content (AvgIpc) is 2.81. The third kappa shape index (κ3) is 2.55. The fraction of sp³-hybridized carbons (Fsp3) is 0.438. The average molecular weight is 284 g/mol. The Hall–Kier alpha value is -2.17. The summed E-state index contributed by atoms with van der Waals surface area (Å²) in [6, 6.07) is 7.82. The normalized spacial score (nSPS) is 18.8. The first-order valence-corrected chi connectivity index (χ1v) is 7.36. The van der Waals surface area contributed by atoms with Crippen LogP contribution in [0.4, 0.5) is 5.82 Å². The zero-order valence-corrected chi connectivity index (χ0v) is 12.6. The van der Waals surface area contributed by atoms with Crippen LogP contribution in [-0.2, 0) is 4.79 Å². The van der Waals surface area contributed by atoms with E-state index in [-0.39, 0.29) is 18.0 Å². The smallest absolute Gasteiger partial charge is 0.245 e. The molecule has 21 heavy (non-hydrogen) atoms. The number of benzene rings is 1. The minimum Gasteiger partial charge on any atom is -0.357 e. The molecule has 110 valence electrons. The van der Waals surface area contributed by atoms with Crippen molar-refractivity contribution in [3.8, 4) is 0 Å². The number of carbonyl (C=O) groups excluding carboxylic acids is 1. The minimum absolute atomic E-state index is 0.152. The van der Waals surface area contributed by atoms with Gasteiger partial charge in [0.25, 0.3) is 0 Å². The van der Waals surface area contributed by atoms with Crippen LogP contribution in [0.3, 0.4) is 0 Å². The molecule has 5 heteroatoms. The molecular weight excluding hydrogens is 264 g/mol. The van der Waals surface area contributed by atoms with Gasteiger partial charge < -0.3 is 10.2 Å². The molecule has 1 aliphatic rings. The molecule has 1 aromatic carbocycles. The van der Waals surface area contributed by atoms with E-state index in [4.69, 9.17) is 0 Å². The minimum atomic E-state index is -0.193. The van der Waals surface area contributed by atoms with Crippen molar-refractivity contribution in [2.75, 3.05) is 11.9 Å². The van der Waals surface area contributed by atoms with Gasteiger partial charge in [-0.2, -0.15) is 0 Å². The summed E-state index contributed by atoms with van der Waals surface area (Å²) in [5, 5.41) is 3.27. The summed E-state index contributed by atoms with van der Waals surface area (Å²) in [5.41, 5.74) is 2.54. The Morgan fingerprint density at radius 3 is 2.52 bits per heavy atom. The highest BCUT2D eigenvalue weighted by atomic mass is 16.2. The molecule has 5 nitrogen and oxygen atoms in total. The van der Waals surface area contributed by atoms with Crippen LogP contribution in [0.25, 0.3) is 11.0 Å². The van der Waals surface area contributed by atoms with Crippen LogP contribution in [0.5, 0.6) is 0 Å². The summed E-state index contributed by atoms with van der Waals surface area (Å²) in [6.45, 7) is 6.80. The molecule has 0 bridgehead atoms. The second kappa shape index (κ2) is 5.31. The van der Waals surface area contributed by atoms with Crippen LogP contribution in [0.2, 0.25) is 0 Å². The van der Waals surface area contributed by atoms with E-state index in [2.05, 4.69) is 15.3 Å². The molecule has 1 N–H and O–H groups in total. The number of hydrogen-bond acceptors (Lipinski definition) is 4. The molecule has 2 heterocycles. The molecule has 1 fully saturated rings. The maximum Gasteiger partial charge on any atom is 0.245 e. The number of aromatic nitrogens is 2. The molecule has 0 saturated carbocycles. The number of carbonyl (C=O) groups is 1. The standard InChI is InChI=1S/C16H20N4O/c1-10(2)20-9-8-14(16(20)21)19-15-11(3)17-12-6-4-5-7-13(12)18-15/h4-7,10,14H,8-9H2,1-3H3,(H,18,19)/t14-/m1/s1. The Morgan fingerprint density at radius 1 is 1.24 bits per heavy atom. The van der Waals surface area contributed by atoms with Crippen LogP contribution >= 0.6 is 0 Å². The third-order valence-electron chi connectivity index (χ3n) is 3.92. The predicted octanol–water partition coefficient (Wildman–Crippen LogP) is 2.36. The maximum atomic E-state index is 12.3. The highest BCUT2D eigenvalue weighted by Gasteiger charge is 2.33. The monoisotopic (exact) mass is 284 g/mol. The van der Waals surface area contributed by atoms with Crippen LogP contribution in [0, 0.1) is 6.92 Å². The first kappa shape index (κ1) is 13.8. The van der Waals surface area contributed by atoms with Gasteiger partial charge in [-0.15, -0.1) is 0 Å². The quantitative estimate of drug-likeness (QED) is 0.940. The van der Waals surface area contributed by atoms with Gasteiger partial charge in [-0.1, -0.05) is 12.1 Å². The number of rotatable bonds is 3. The van der Waals surface area contributed by atoms with E-state index in [1.165, 1.54) is 0 Å². The second-order valence-corrected chi connectivity index (χ2v) is 5.76. The Labute approximate surface area is 124 Å². The number of nitrogens with one attached hydrogen (secondary N) is 1. The van der Waals surface area contributed by atoms with Crippen molar-refractivity contribution in [2.45, 2.75) is 39.3 Å². The maximum absolute atomic E-state index is 12.3. The number of para-hydroxylation sites is 2. The molecular formula is C16H20N4O. The molecule has 1 atom stereocenters. The van der Waals surface area contributed by atoms with Crippen LogP contribution in [0.1, 0.15) is 26.0 Å². The van der Waals surface area contributed by atoms with Gasteiger partial charge in [-0.3, -0.25) is 4.79 Å². The number of hydrogen-bond donors (Lipinski definition) is 1. The van der Waals surface area contributed by atoms with Gasteiger partial charge in [0.1, 0.15) is 11.9 Å². The van der Waals surface area contributed by atoms with Gasteiger partial charge in [0.15, 0.2) is 0 Å². The van der Waals surface area contributed by atoms with E-state index in [0.29, 0.717) is 5.82 Å². The second-order valence-electron chi connectivity index (χ2n) is 5.76. The molecule has 2 aromatic rings. The molecule has 0 unspecified atom stereocenters. The first-order valence-electron chi connectivity index (χ1n) is 7.36. The van der Waals surface area contributed by atoms with Gasteiger partial charge >= 0.3 is 0 Å². The molecule has 1 aliphatic heterocycles. The highest BCUT2D eigenvalue weighted by molar-refractivity contribution is 5.87. The molecule has 3 rings (SSSR count). The highest BCUT2D eigenvalue weighted by Crippen LogP contribution is 2.21. The van der Waals surface area contributed by atoms with E-state index >= 15 is 0 Å². The van der Waals surface area contributed by atoms with Gasteiger partial charge in [0.05, 0.1) is 16.7 Å². The summed E-state index contributed by atoms with van der Waals surface area (Å²) in [6.07, 6.45) is 0.810. The van der Waals surface area contributed by atoms with Crippen molar-refractivity contribution in [3.63, 3.8) is 0 Å². The summed E-state index contributed by atoms with van der Waals surface area (Å²) in [7, 11) is 0. The topological polar surface area (TPSA) is 58.1 Å². The van der Waals surface area contributed by atoms with Crippen molar-refractivity contribution < 1.29 is 4.79 Å². The molecule has 1 aromatic heterocycles. The number of fused-ring (bicyclic) bond motifs is 1. The summed E-state index contributed by atoms with van der Waals surface area (Å²) >= 11 is 0. The SMILES string of the molecule is Cc1nc2ccccc2nc1N[C@@H]1CCN(C(C)C)C1=O. The third-order valence-corrected chi connectivity index (χ3v) is 3.92. The summed E-state index contributed by atoms with van der Waals surface area (Å²) < 4.78 is 0. The van der Waals surface area contributed by atoms with Crippen molar-refractivity contribution in [3.05, 3.63) is 30.0 Å². The van der Waals surface area contributed by atoms with Crippen molar-refractivity contribution in [2.24, 2.45) is 0 Å².